The summed E-state index contributed by atoms with van der Waals surface area (Å²) < 4.78 is 16.6. The van der Waals surface area contributed by atoms with E-state index in [0.29, 0.717) is 19.6 Å². The van der Waals surface area contributed by atoms with Crippen molar-refractivity contribution in [1.29, 1.82) is 0 Å². The van der Waals surface area contributed by atoms with Crippen molar-refractivity contribution in [2.24, 2.45) is 5.41 Å². The fourth-order valence-corrected chi connectivity index (χ4v) is 5.42. The summed E-state index contributed by atoms with van der Waals surface area (Å²) in [4.78, 5) is 21.7. The van der Waals surface area contributed by atoms with Gasteiger partial charge in [-0.2, -0.15) is 0 Å². The minimum atomic E-state index is -0.262. The molecule has 2 aromatic rings. The molecule has 6 nitrogen and oxygen atoms in total. The number of carbonyl (C=O) groups excluding carboxylic acids is 1. The molecule has 1 N–H and O–H groups in total. The molecule has 3 heterocycles. The number of benzene rings is 1. The molecule has 0 bridgehead atoms. The van der Waals surface area contributed by atoms with Crippen LogP contribution in [-0.4, -0.2) is 56.5 Å². The van der Waals surface area contributed by atoms with Crippen molar-refractivity contribution >= 4 is 5.91 Å². The third kappa shape index (κ3) is 9.42. The summed E-state index contributed by atoms with van der Waals surface area (Å²) in [5.74, 6) is 1.08. The minimum absolute atomic E-state index is 0.0334. The van der Waals surface area contributed by atoms with Crippen LogP contribution in [0.1, 0.15) is 84.4 Å². The number of imidazole rings is 1. The van der Waals surface area contributed by atoms with E-state index in [0.717, 1.165) is 61.4 Å². The second-order valence-electron chi connectivity index (χ2n) is 11.0. The largest absolute Gasteiger partial charge is 0.508 e. The van der Waals surface area contributed by atoms with Crippen LogP contribution in [0.3, 0.4) is 0 Å². The Bertz CT molecular complexity index is 1200. The lowest BCUT2D eigenvalue weighted by Crippen LogP contribution is -2.50. The number of rotatable bonds is 8. The zero-order valence-electron chi connectivity index (χ0n) is 26.3. The van der Waals surface area contributed by atoms with Crippen molar-refractivity contribution in [1.82, 2.24) is 19.4 Å². The van der Waals surface area contributed by atoms with Crippen LogP contribution >= 0.6 is 0 Å². The van der Waals surface area contributed by atoms with E-state index >= 15 is 0 Å². The zero-order chi connectivity index (χ0) is 30.6. The highest BCUT2D eigenvalue weighted by atomic mass is 19.1. The molecule has 2 aliphatic heterocycles. The number of halogens is 1. The number of hydrogen-bond donors (Lipinski definition) is 1. The van der Waals surface area contributed by atoms with Crippen molar-refractivity contribution in [2.45, 2.75) is 86.7 Å². The van der Waals surface area contributed by atoms with Crippen molar-refractivity contribution in [3.63, 3.8) is 0 Å². The van der Waals surface area contributed by atoms with Crippen LogP contribution in [0.5, 0.6) is 5.75 Å². The smallest absolute Gasteiger partial charge is 0.237 e. The van der Waals surface area contributed by atoms with Gasteiger partial charge in [0.05, 0.1) is 12.6 Å². The number of aromatic hydroxyl groups is 1. The van der Waals surface area contributed by atoms with E-state index in [2.05, 4.69) is 29.9 Å². The van der Waals surface area contributed by atoms with Gasteiger partial charge >= 0.3 is 0 Å². The molecule has 1 aromatic carbocycles. The van der Waals surface area contributed by atoms with E-state index in [1.54, 1.807) is 37.3 Å². The van der Waals surface area contributed by atoms with Gasteiger partial charge in [0.2, 0.25) is 5.91 Å². The molecule has 1 amide bonds. The van der Waals surface area contributed by atoms with Gasteiger partial charge < -0.3 is 14.6 Å². The number of allylic oxidation sites excluding steroid dienone is 5. The predicted octanol–water partition coefficient (Wildman–Crippen LogP) is 7.42. The molecular weight excluding hydrogens is 515 g/mol. The number of phenols is 1. The van der Waals surface area contributed by atoms with Gasteiger partial charge in [-0.15, -0.1) is 0 Å². The van der Waals surface area contributed by atoms with Gasteiger partial charge in [-0.1, -0.05) is 72.4 Å². The van der Waals surface area contributed by atoms with Gasteiger partial charge in [0.25, 0.3) is 0 Å². The first-order chi connectivity index (χ1) is 19.7. The number of aryl methyl sites for hydroxylation is 1. The van der Waals surface area contributed by atoms with E-state index < -0.39 is 0 Å². The van der Waals surface area contributed by atoms with Crippen LogP contribution in [0, 0.1) is 5.41 Å². The molecule has 7 heteroatoms. The lowest BCUT2D eigenvalue weighted by Gasteiger charge is -2.34. The lowest BCUT2D eigenvalue weighted by atomic mass is 9.80. The van der Waals surface area contributed by atoms with E-state index in [-0.39, 0.29) is 28.9 Å². The fourth-order valence-electron chi connectivity index (χ4n) is 5.42. The number of amides is 1. The van der Waals surface area contributed by atoms with Gasteiger partial charge in [-0.3, -0.25) is 9.69 Å². The number of aromatic nitrogens is 2. The number of hydrogen-bond acceptors (Lipinski definition) is 4. The van der Waals surface area contributed by atoms with Crippen LogP contribution < -0.4 is 0 Å². The monoisotopic (exact) mass is 566 g/mol. The Morgan fingerprint density at radius 3 is 2.59 bits per heavy atom. The minimum Gasteiger partial charge on any atom is -0.508 e. The zero-order valence-corrected chi connectivity index (χ0v) is 26.3. The molecule has 1 unspecified atom stereocenters. The number of piperazine rings is 1. The number of carbonyl (C=O) groups is 1. The summed E-state index contributed by atoms with van der Waals surface area (Å²) in [6.45, 7) is 21.3. The first kappa shape index (κ1) is 34.0. The van der Waals surface area contributed by atoms with E-state index in [9.17, 15) is 14.3 Å². The highest BCUT2D eigenvalue weighted by Gasteiger charge is 2.33. The van der Waals surface area contributed by atoms with Gasteiger partial charge in [0.15, 0.2) is 0 Å². The summed E-state index contributed by atoms with van der Waals surface area (Å²) in [6.07, 6.45) is 10.3. The quantitative estimate of drug-likeness (QED) is 0.338. The molecule has 0 saturated carbocycles. The summed E-state index contributed by atoms with van der Waals surface area (Å²) in [5.41, 5.74) is 3.00. The van der Waals surface area contributed by atoms with Crippen LogP contribution in [-0.2, 0) is 24.2 Å². The van der Waals surface area contributed by atoms with E-state index in [1.807, 2.05) is 44.9 Å². The maximum atomic E-state index is 14.3. The average Bonchev–Trinajstić information content (AvgIpc) is 3.32. The first-order valence-corrected chi connectivity index (χ1v) is 15.2. The molecule has 1 fully saturated rings. The molecule has 41 heavy (non-hydrogen) atoms. The van der Waals surface area contributed by atoms with Crippen LogP contribution in [0.15, 0.2) is 66.7 Å². The van der Waals surface area contributed by atoms with E-state index in [4.69, 9.17) is 4.98 Å². The van der Waals surface area contributed by atoms with Gasteiger partial charge in [-0.05, 0) is 54.5 Å². The Labute approximate surface area is 247 Å². The maximum Gasteiger partial charge on any atom is 0.237 e. The maximum absolute atomic E-state index is 14.3. The highest BCUT2D eigenvalue weighted by molar-refractivity contribution is 5.79. The molecule has 4 rings (SSSR count). The normalized spacial score (nSPS) is 19.3. The number of phenolic OH excluding ortho intramolecular Hbond substituents is 1. The molecular formula is C34H51FN4O2. The molecule has 0 spiro atoms. The summed E-state index contributed by atoms with van der Waals surface area (Å²) in [5, 5.41) is 9.72. The standard InChI is InChI=1S/C30H39FN4O2.2C2H6/c1-5-23(17-24(31)6-2)27-18-30(3,4)12-10-28-32-19-25(35(27)28)11-13-33-14-15-34(29(37)21-33)20-22-8-7-9-26(36)16-22;2*1-2/h5-9,16-17,19,27,36H,1,10-15,18,20-21H2,2-4H3;2*1-2H3/b23-17+,24-6+;;. The van der Waals surface area contributed by atoms with Crippen LogP contribution in [0.25, 0.3) is 0 Å². The summed E-state index contributed by atoms with van der Waals surface area (Å²) in [7, 11) is 0. The fraction of sp³-hybridized carbons (Fsp3) is 0.529. The molecule has 1 aromatic heterocycles. The summed E-state index contributed by atoms with van der Waals surface area (Å²) in [6, 6.07) is 7.03. The first-order valence-electron chi connectivity index (χ1n) is 15.2. The molecule has 1 saturated heterocycles. The second kappa shape index (κ2) is 16.3. The van der Waals surface area contributed by atoms with Crippen molar-refractivity contribution in [3.8, 4) is 5.75 Å². The van der Waals surface area contributed by atoms with Gasteiger partial charge in [0.1, 0.15) is 17.4 Å². The highest BCUT2D eigenvalue weighted by Crippen LogP contribution is 2.41. The number of nitrogens with zero attached hydrogens (tertiary/aromatic N) is 4. The SMILES string of the molecule is C=C/C(=C\C(F)=C/C)C1CC(C)(C)CCc2ncc(CCN3CCN(Cc4cccc(O)c4)C(=O)C3)n21.CC.CC. The van der Waals surface area contributed by atoms with Gasteiger partial charge in [0, 0.05) is 50.9 Å². The molecule has 0 aliphatic carbocycles. The topological polar surface area (TPSA) is 61.6 Å². The molecule has 0 radical (unpaired) electrons. The van der Waals surface area contributed by atoms with Crippen LogP contribution in [0.2, 0.25) is 0 Å². The molecule has 226 valence electrons. The summed E-state index contributed by atoms with van der Waals surface area (Å²) >= 11 is 0. The molecule has 1 atom stereocenters. The van der Waals surface area contributed by atoms with Crippen molar-refractivity contribution in [2.75, 3.05) is 26.2 Å². The third-order valence-electron chi connectivity index (χ3n) is 7.60. The lowest BCUT2D eigenvalue weighted by molar-refractivity contribution is -0.136. The van der Waals surface area contributed by atoms with Crippen molar-refractivity contribution < 1.29 is 14.3 Å². The Morgan fingerprint density at radius 1 is 1.22 bits per heavy atom. The second-order valence-corrected chi connectivity index (χ2v) is 11.0. The molecule has 2 aliphatic rings. The van der Waals surface area contributed by atoms with E-state index in [1.165, 1.54) is 6.08 Å². The number of fused-ring (bicyclic) bond motifs is 1. The average molecular weight is 567 g/mol. The Hall–Kier alpha value is -3.19. The van der Waals surface area contributed by atoms with Gasteiger partial charge in [-0.25, -0.2) is 9.37 Å². The Balaban J connectivity index is 0.00000141. The predicted molar refractivity (Wildman–Crippen MR) is 167 cm³/mol. The Kier molecular flexibility index (Phi) is 13.5. The van der Waals surface area contributed by atoms with Crippen LogP contribution in [0.4, 0.5) is 4.39 Å². The Morgan fingerprint density at radius 2 is 1.95 bits per heavy atom. The third-order valence-corrected chi connectivity index (χ3v) is 7.60. The van der Waals surface area contributed by atoms with Crippen molar-refractivity contribution in [3.05, 3.63) is 83.8 Å².